The fourth-order valence-corrected chi connectivity index (χ4v) is 3.80. The number of carbonyl (C=O) groups excluding carboxylic acids is 2. The number of benzene rings is 2. The number of carbonyl (C=O) groups is 2. The van der Waals surface area contributed by atoms with Crippen molar-refractivity contribution in [3.63, 3.8) is 0 Å². The van der Waals surface area contributed by atoms with Gasteiger partial charge in [-0.3, -0.25) is 9.59 Å². The number of hydrogen-bond acceptors (Lipinski definition) is 7. The standard InChI is InChI=1S/C22H14O5S2/c23-21(19-3-1-13-25-19)28-17-9-5-15(6-10-17)27-16-7-11-18(12-8-16)29-22(24)20-4-2-14-26-20/h1-14H. The third-order valence-corrected chi connectivity index (χ3v) is 5.54. The molecule has 0 aliphatic carbocycles. The maximum Gasteiger partial charge on any atom is 0.259 e. The Morgan fingerprint density at radius 1 is 0.621 bits per heavy atom. The lowest BCUT2D eigenvalue weighted by atomic mass is 10.3. The van der Waals surface area contributed by atoms with E-state index in [1.54, 1.807) is 48.5 Å². The van der Waals surface area contributed by atoms with E-state index in [0.717, 1.165) is 33.3 Å². The average molecular weight is 422 g/mol. The number of ether oxygens (including phenoxy) is 1. The van der Waals surface area contributed by atoms with Crippen LogP contribution in [-0.2, 0) is 0 Å². The summed E-state index contributed by atoms with van der Waals surface area (Å²) in [6.45, 7) is 0. The summed E-state index contributed by atoms with van der Waals surface area (Å²) in [6, 6.07) is 21.1. The second kappa shape index (κ2) is 8.89. The van der Waals surface area contributed by atoms with Crippen LogP contribution in [-0.4, -0.2) is 10.2 Å². The summed E-state index contributed by atoms with van der Waals surface area (Å²) in [5.74, 6) is 1.93. The molecule has 2 heterocycles. The van der Waals surface area contributed by atoms with Gasteiger partial charge in [0.15, 0.2) is 11.5 Å². The molecule has 0 bridgehead atoms. The highest BCUT2D eigenvalue weighted by molar-refractivity contribution is 8.14. The minimum Gasteiger partial charge on any atom is -0.460 e. The Bertz CT molecular complexity index is 994. The Hall–Kier alpha value is -3.16. The molecular weight excluding hydrogens is 408 g/mol. The van der Waals surface area contributed by atoms with E-state index in [0.29, 0.717) is 23.0 Å². The summed E-state index contributed by atoms with van der Waals surface area (Å²) in [5.41, 5.74) is 0. The minimum absolute atomic E-state index is 0.152. The molecule has 4 aromatic rings. The van der Waals surface area contributed by atoms with E-state index in [1.807, 2.05) is 24.3 Å². The van der Waals surface area contributed by atoms with Crippen LogP contribution in [0, 0.1) is 0 Å². The van der Waals surface area contributed by atoms with Crippen molar-refractivity contribution in [2.45, 2.75) is 9.79 Å². The molecule has 4 rings (SSSR count). The fraction of sp³-hybridized carbons (Fsp3) is 0. The minimum atomic E-state index is -0.152. The molecule has 0 amide bonds. The zero-order valence-electron chi connectivity index (χ0n) is 14.9. The van der Waals surface area contributed by atoms with Crippen LogP contribution in [0.4, 0.5) is 0 Å². The van der Waals surface area contributed by atoms with Crippen molar-refractivity contribution < 1.29 is 23.2 Å². The summed E-state index contributed by atoms with van der Waals surface area (Å²) < 4.78 is 16.0. The Morgan fingerprint density at radius 3 is 1.38 bits per heavy atom. The summed E-state index contributed by atoms with van der Waals surface area (Å²) in [7, 11) is 0. The van der Waals surface area contributed by atoms with Crippen LogP contribution in [0.15, 0.2) is 104 Å². The first-order valence-electron chi connectivity index (χ1n) is 8.57. The second-order valence-electron chi connectivity index (χ2n) is 5.78. The predicted molar refractivity (Wildman–Crippen MR) is 111 cm³/mol. The van der Waals surface area contributed by atoms with Gasteiger partial charge in [0.2, 0.25) is 0 Å². The average Bonchev–Trinajstić information content (AvgIpc) is 3.45. The number of hydrogen-bond donors (Lipinski definition) is 0. The first kappa shape index (κ1) is 19.2. The molecular formula is C22H14O5S2. The third kappa shape index (κ3) is 5.01. The molecule has 2 aromatic heterocycles. The lowest BCUT2D eigenvalue weighted by molar-refractivity contribution is 0.105. The molecule has 0 radical (unpaired) electrons. The van der Waals surface area contributed by atoms with Crippen LogP contribution >= 0.6 is 23.5 Å². The van der Waals surface area contributed by atoms with E-state index in [9.17, 15) is 9.59 Å². The molecule has 0 aliphatic rings. The van der Waals surface area contributed by atoms with Gasteiger partial charge in [0.05, 0.1) is 12.5 Å². The molecule has 29 heavy (non-hydrogen) atoms. The van der Waals surface area contributed by atoms with Crippen molar-refractivity contribution >= 4 is 33.8 Å². The predicted octanol–water partition coefficient (Wildman–Crippen LogP) is 6.53. The number of thioether (sulfide) groups is 2. The van der Waals surface area contributed by atoms with E-state index in [4.69, 9.17) is 13.6 Å². The van der Waals surface area contributed by atoms with Gasteiger partial charge in [-0.05, 0) is 96.3 Å². The number of rotatable bonds is 6. The summed E-state index contributed by atoms with van der Waals surface area (Å²) in [4.78, 5) is 25.7. The molecule has 0 saturated heterocycles. The van der Waals surface area contributed by atoms with Crippen LogP contribution < -0.4 is 4.74 Å². The van der Waals surface area contributed by atoms with Gasteiger partial charge in [0.25, 0.3) is 10.2 Å². The Morgan fingerprint density at radius 2 is 1.03 bits per heavy atom. The van der Waals surface area contributed by atoms with Crippen LogP contribution in [0.25, 0.3) is 0 Å². The van der Waals surface area contributed by atoms with Gasteiger partial charge in [-0.1, -0.05) is 0 Å². The van der Waals surface area contributed by atoms with Crippen molar-refractivity contribution in [1.82, 2.24) is 0 Å². The molecule has 0 saturated carbocycles. The van der Waals surface area contributed by atoms with Crippen molar-refractivity contribution in [3.05, 3.63) is 96.8 Å². The monoisotopic (exact) mass is 422 g/mol. The van der Waals surface area contributed by atoms with Gasteiger partial charge in [0.1, 0.15) is 11.5 Å². The normalized spacial score (nSPS) is 10.6. The molecule has 0 aliphatic heterocycles. The van der Waals surface area contributed by atoms with E-state index >= 15 is 0 Å². The zero-order valence-corrected chi connectivity index (χ0v) is 16.6. The smallest absolute Gasteiger partial charge is 0.259 e. The van der Waals surface area contributed by atoms with Gasteiger partial charge >= 0.3 is 0 Å². The molecule has 5 nitrogen and oxygen atoms in total. The first-order chi connectivity index (χ1) is 14.2. The van der Waals surface area contributed by atoms with Crippen LogP contribution in [0.5, 0.6) is 11.5 Å². The molecule has 0 fully saturated rings. The molecule has 0 spiro atoms. The van der Waals surface area contributed by atoms with Gasteiger partial charge in [-0.15, -0.1) is 0 Å². The second-order valence-corrected chi connectivity index (χ2v) is 7.87. The maximum absolute atomic E-state index is 12.0. The maximum atomic E-state index is 12.0. The lowest BCUT2D eigenvalue weighted by Gasteiger charge is -2.07. The Kier molecular flexibility index (Phi) is 5.88. The molecule has 2 aromatic carbocycles. The highest BCUT2D eigenvalue weighted by atomic mass is 32.2. The van der Waals surface area contributed by atoms with Crippen LogP contribution in [0.3, 0.4) is 0 Å². The molecule has 0 atom stereocenters. The van der Waals surface area contributed by atoms with Crippen molar-refractivity contribution in [3.8, 4) is 11.5 Å². The molecule has 0 unspecified atom stereocenters. The van der Waals surface area contributed by atoms with Gasteiger partial charge in [-0.25, -0.2) is 0 Å². The van der Waals surface area contributed by atoms with E-state index < -0.39 is 0 Å². The fourth-order valence-electron chi connectivity index (χ4n) is 2.39. The van der Waals surface area contributed by atoms with Gasteiger partial charge < -0.3 is 13.6 Å². The largest absolute Gasteiger partial charge is 0.460 e. The van der Waals surface area contributed by atoms with E-state index in [1.165, 1.54) is 12.5 Å². The Balaban J connectivity index is 1.34. The Labute approximate surface area is 175 Å². The number of furan rings is 2. The quantitative estimate of drug-likeness (QED) is 0.327. The zero-order chi connectivity index (χ0) is 20.1. The van der Waals surface area contributed by atoms with E-state index in [2.05, 4.69) is 0 Å². The topological polar surface area (TPSA) is 69.7 Å². The highest BCUT2D eigenvalue weighted by Gasteiger charge is 2.12. The summed E-state index contributed by atoms with van der Waals surface area (Å²) >= 11 is 2.18. The van der Waals surface area contributed by atoms with Crippen molar-refractivity contribution in [1.29, 1.82) is 0 Å². The molecule has 7 heteroatoms. The highest BCUT2D eigenvalue weighted by Crippen LogP contribution is 2.29. The van der Waals surface area contributed by atoms with Crippen LogP contribution in [0.2, 0.25) is 0 Å². The summed E-state index contributed by atoms with van der Waals surface area (Å²) in [5, 5.41) is -0.304. The SMILES string of the molecule is O=C(Sc1ccc(Oc2ccc(SC(=O)c3ccco3)cc2)cc1)c1ccco1. The third-order valence-electron chi connectivity index (χ3n) is 3.75. The van der Waals surface area contributed by atoms with Crippen molar-refractivity contribution in [2.24, 2.45) is 0 Å². The van der Waals surface area contributed by atoms with Gasteiger partial charge in [-0.2, -0.15) is 0 Å². The van der Waals surface area contributed by atoms with E-state index in [-0.39, 0.29) is 10.2 Å². The lowest BCUT2D eigenvalue weighted by Crippen LogP contribution is -1.91. The van der Waals surface area contributed by atoms with Gasteiger partial charge in [0, 0.05) is 9.79 Å². The van der Waals surface area contributed by atoms with Crippen LogP contribution in [0.1, 0.15) is 21.1 Å². The summed E-state index contributed by atoms with van der Waals surface area (Å²) in [6.07, 6.45) is 2.95. The van der Waals surface area contributed by atoms with Crippen molar-refractivity contribution in [2.75, 3.05) is 0 Å². The molecule has 144 valence electrons. The first-order valence-corrected chi connectivity index (χ1v) is 10.2. The molecule has 0 N–H and O–H groups in total.